The Kier molecular flexibility index (Phi) is 5.55. The molecule has 25 heavy (non-hydrogen) atoms. The van der Waals surface area contributed by atoms with Crippen molar-refractivity contribution >= 4 is 33.2 Å². The van der Waals surface area contributed by atoms with Gasteiger partial charge in [0.1, 0.15) is 5.82 Å². The van der Waals surface area contributed by atoms with Crippen LogP contribution in [0.2, 0.25) is 5.02 Å². The van der Waals surface area contributed by atoms with Crippen LogP contribution in [0.1, 0.15) is 35.9 Å². The smallest absolute Gasteiger partial charge is 0.192 e. The van der Waals surface area contributed by atoms with Crippen molar-refractivity contribution < 1.29 is 8.42 Å². The summed E-state index contributed by atoms with van der Waals surface area (Å²) in [7, 11) is -2.97. The number of allylic oxidation sites excluding steroid dienone is 1. The first-order valence-electron chi connectivity index (χ1n) is 8.07. The standard InChI is InChI=1S/C17H20ClN3O2S2/c1-3-9-21-16(13-8-10-25(22,23)11-13)19-20-17(21)24-12(2)14-6-4-5-7-15(14)18/h3-7,12-13H,1,8-11H2,2H3. The van der Waals surface area contributed by atoms with E-state index in [4.69, 9.17) is 11.6 Å². The molecule has 0 saturated carbocycles. The summed E-state index contributed by atoms with van der Waals surface area (Å²) in [6.07, 6.45) is 2.38. The zero-order chi connectivity index (χ0) is 18.0. The van der Waals surface area contributed by atoms with Crippen molar-refractivity contribution in [3.63, 3.8) is 0 Å². The van der Waals surface area contributed by atoms with Crippen LogP contribution in [-0.2, 0) is 16.4 Å². The summed E-state index contributed by atoms with van der Waals surface area (Å²) >= 11 is 7.85. The molecule has 1 aromatic carbocycles. The summed E-state index contributed by atoms with van der Waals surface area (Å²) in [5.41, 5.74) is 1.03. The molecule has 1 aliphatic rings. The average Bonchev–Trinajstić information content (AvgIpc) is 3.11. The number of halogens is 1. The van der Waals surface area contributed by atoms with E-state index >= 15 is 0 Å². The highest BCUT2D eigenvalue weighted by molar-refractivity contribution is 7.99. The Morgan fingerprint density at radius 1 is 1.44 bits per heavy atom. The number of sulfone groups is 1. The van der Waals surface area contributed by atoms with Gasteiger partial charge in [-0.25, -0.2) is 8.42 Å². The topological polar surface area (TPSA) is 64.8 Å². The number of hydrogen-bond acceptors (Lipinski definition) is 5. The largest absolute Gasteiger partial charge is 0.302 e. The van der Waals surface area contributed by atoms with Gasteiger partial charge in [-0.3, -0.25) is 0 Å². The van der Waals surface area contributed by atoms with E-state index in [-0.39, 0.29) is 22.7 Å². The molecule has 5 nitrogen and oxygen atoms in total. The van der Waals surface area contributed by atoms with E-state index in [1.54, 1.807) is 17.8 Å². The van der Waals surface area contributed by atoms with Gasteiger partial charge >= 0.3 is 0 Å². The molecule has 1 fully saturated rings. The molecule has 134 valence electrons. The number of nitrogens with zero attached hydrogens (tertiary/aromatic N) is 3. The summed E-state index contributed by atoms with van der Waals surface area (Å²) in [6, 6.07) is 7.74. The van der Waals surface area contributed by atoms with Crippen LogP contribution >= 0.6 is 23.4 Å². The summed E-state index contributed by atoms with van der Waals surface area (Å²) < 4.78 is 25.6. The van der Waals surface area contributed by atoms with Gasteiger partial charge in [0.05, 0.1) is 11.5 Å². The fourth-order valence-electron chi connectivity index (χ4n) is 3.01. The fourth-order valence-corrected chi connectivity index (χ4v) is 6.15. The van der Waals surface area contributed by atoms with Crippen LogP contribution < -0.4 is 0 Å². The first-order valence-corrected chi connectivity index (χ1v) is 11.1. The van der Waals surface area contributed by atoms with E-state index in [9.17, 15) is 8.42 Å². The number of benzene rings is 1. The van der Waals surface area contributed by atoms with Crippen molar-refractivity contribution in [2.45, 2.75) is 36.2 Å². The van der Waals surface area contributed by atoms with E-state index in [1.165, 1.54) is 0 Å². The van der Waals surface area contributed by atoms with Crippen molar-refractivity contribution in [1.29, 1.82) is 0 Å². The molecule has 3 rings (SSSR count). The van der Waals surface area contributed by atoms with Crippen LogP contribution in [0.25, 0.3) is 0 Å². The molecule has 0 bridgehead atoms. The molecule has 1 aliphatic heterocycles. The number of rotatable bonds is 6. The molecule has 0 spiro atoms. The van der Waals surface area contributed by atoms with E-state index in [0.717, 1.165) is 21.6 Å². The minimum absolute atomic E-state index is 0.0950. The summed E-state index contributed by atoms with van der Waals surface area (Å²) in [5, 5.41) is 10.2. The molecule has 0 amide bonds. The molecular weight excluding hydrogens is 378 g/mol. The van der Waals surface area contributed by atoms with Crippen LogP contribution in [0.5, 0.6) is 0 Å². The minimum Gasteiger partial charge on any atom is -0.302 e. The van der Waals surface area contributed by atoms with Gasteiger partial charge in [0.25, 0.3) is 0 Å². The van der Waals surface area contributed by atoms with Crippen LogP contribution in [0.15, 0.2) is 42.1 Å². The van der Waals surface area contributed by atoms with E-state index in [2.05, 4.69) is 23.7 Å². The highest BCUT2D eigenvalue weighted by Crippen LogP contribution is 2.38. The molecule has 0 radical (unpaired) electrons. The van der Waals surface area contributed by atoms with Crippen molar-refractivity contribution in [2.24, 2.45) is 0 Å². The number of thioether (sulfide) groups is 1. The van der Waals surface area contributed by atoms with Gasteiger partial charge < -0.3 is 4.57 Å². The molecule has 2 atom stereocenters. The Labute approximate surface area is 157 Å². The van der Waals surface area contributed by atoms with Crippen LogP contribution in [0.3, 0.4) is 0 Å². The highest BCUT2D eigenvalue weighted by Gasteiger charge is 2.33. The first kappa shape index (κ1) is 18.5. The van der Waals surface area contributed by atoms with Gasteiger partial charge in [-0.15, -0.1) is 16.8 Å². The third-order valence-electron chi connectivity index (χ3n) is 4.28. The van der Waals surface area contributed by atoms with Crippen LogP contribution in [-0.4, -0.2) is 34.7 Å². The third kappa shape index (κ3) is 4.10. The highest BCUT2D eigenvalue weighted by atomic mass is 35.5. The maximum atomic E-state index is 11.8. The lowest BCUT2D eigenvalue weighted by atomic mass is 10.1. The molecule has 8 heteroatoms. The van der Waals surface area contributed by atoms with E-state index in [0.29, 0.717) is 13.0 Å². The summed E-state index contributed by atoms with van der Waals surface area (Å²) in [4.78, 5) is 0. The number of hydrogen-bond donors (Lipinski definition) is 0. The quantitative estimate of drug-likeness (QED) is 0.546. The molecule has 0 N–H and O–H groups in total. The molecular formula is C17H20ClN3O2S2. The van der Waals surface area contributed by atoms with E-state index in [1.807, 2.05) is 28.8 Å². The third-order valence-corrected chi connectivity index (χ3v) is 7.51. The number of aromatic nitrogens is 3. The zero-order valence-corrected chi connectivity index (χ0v) is 16.3. The predicted octanol–water partition coefficient (Wildman–Crippen LogP) is 3.87. The van der Waals surface area contributed by atoms with E-state index < -0.39 is 9.84 Å². The molecule has 0 aliphatic carbocycles. The second-order valence-corrected chi connectivity index (χ2v) is 10.1. The summed E-state index contributed by atoms with van der Waals surface area (Å²) in [5.74, 6) is 1.00. The van der Waals surface area contributed by atoms with Crippen LogP contribution in [0.4, 0.5) is 0 Å². The Balaban J connectivity index is 1.87. The van der Waals surface area contributed by atoms with Crippen molar-refractivity contribution in [2.75, 3.05) is 11.5 Å². The lowest BCUT2D eigenvalue weighted by Gasteiger charge is -2.15. The first-order chi connectivity index (χ1) is 11.9. The fraction of sp³-hybridized carbons (Fsp3) is 0.412. The SMILES string of the molecule is C=CCn1c(SC(C)c2ccccc2Cl)nnc1C1CCS(=O)(=O)C1. The average molecular weight is 398 g/mol. The van der Waals surface area contributed by atoms with Crippen LogP contribution in [0, 0.1) is 0 Å². The van der Waals surface area contributed by atoms with Gasteiger partial charge in [-0.05, 0) is 25.0 Å². The molecule has 2 aromatic rings. The lowest BCUT2D eigenvalue weighted by Crippen LogP contribution is -2.11. The van der Waals surface area contributed by atoms with Crippen molar-refractivity contribution in [3.8, 4) is 0 Å². The molecule has 2 unspecified atom stereocenters. The Hall–Kier alpha value is -1.31. The maximum absolute atomic E-state index is 11.8. The van der Waals surface area contributed by atoms with Gasteiger partial charge in [0.15, 0.2) is 15.0 Å². The maximum Gasteiger partial charge on any atom is 0.192 e. The molecule has 1 saturated heterocycles. The monoisotopic (exact) mass is 397 g/mol. The normalized spacial score (nSPS) is 20.5. The lowest BCUT2D eigenvalue weighted by molar-refractivity contribution is 0.597. The van der Waals surface area contributed by atoms with Gasteiger partial charge in [0, 0.05) is 22.7 Å². The Bertz CT molecular complexity index is 880. The molecule has 2 heterocycles. The van der Waals surface area contributed by atoms with Crippen molar-refractivity contribution in [1.82, 2.24) is 14.8 Å². The second kappa shape index (κ2) is 7.51. The van der Waals surface area contributed by atoms with Crippen molar-refractivity contribution in [3.05, 3.63) is 53.3 Å². The van der Waals surface area contributed by atoms with Gasteiger partial charge in [-0.1, -0.05) is 47.6 Å². The molecule has 1 aromatic heterocycles. The van der Waals surface area contributed by atoms with Gasteiger partial charge in [-0.2, -0.15) is 0 Å². The minimum atomic E-state index is -2.97. The van der Waals surface area contributed by atoms with Gasteiger partial charge in [0.2, 0.25) is 0 Å². The Morgan fingerprint density at radius 2 is 2.20 bits per heavy atom. The zero-order valence-electron chi connectivity index (χ0n) is 13.9. The predicted molar refractivity (Wildman–Crippen MR) is 102 cm³/mol. The second-order valence-electron chi connectivity index (χ2n) is 6.12. The summed E-state index contributed by atoms with van der Waals surface area (Å²) in [6.45, 7) is 6.42. The Morgan fingerprint density at radius 3 is 2.84 bits per heavy atom.